The Kier molecular flexibility index (Phi) is 8.81. The van der Waals surface area contributed by atoms with E-state index < -0.39 is 15.0 Å². The highest BCUT2D eigenvalue weighted by molar-refractivity contribution is 7.85. The lowest BCUT2D eigenvalue weighted by molar-refractivity contribution is -0.921. The highest BCUT2D eigenvalue weighted by atomic mass is 35.5. The Balaban J connectivity index is 0.000000400. The molecule has 0 radical (unpaired) electrons. The molecule has 4 nitrogen and oxygen atoms in total. The van der Waals surface area contributed by atoms with Crippen molar-refractivity contribution in [1.29, 1.82) is 0 Å². The maximum atomic E-state index is 10.5. The van der Waals surface area contributed by atoms with E-state index in [1.165, 1.54) is 42.8 Å². The minimum atomic E-state index is -4.49. The van der Waals surface area contributed by atoms with E-state index in [1.54, 1.807) is 0 Å². The van der Waals surface area contributed by atoms with Crippen molar-refractivity contribution in [2.45, 2.75) is 32.6 Å². The first-order chi connectivity index (χ1) is 9.65. The molecular formula is C14H23Cl2NO3S. The van der Waals surface area contributed by atoms with Gasteiger partial charge in [0.1, 0.15) is 10.1 Å². The average molecular weight is 356 g/mol. The molecular weight excluding hydrogens is 333 g/mol. The van der Waals surface area contributed by atoms with Crippen LogP contribution in [0.4, 0.5) is 0 Å². The summed E-state index contributed by atoms with van der Waals surface area (Å²) in [6, 6.07) is 3.57. The van der Waals surface area contributed by atoms with Gasteiger partial charge in [0.25, 0.3) is 0 Å². The fourth-order valence-corrected chi connectivity index (χ4v) is 3.24. The molecule has 0 spiro atoms. The third kappa shape index (κ3) is 6.53. The van der Waals surface area contributed by atoms with Crippen molar-refractivity contribution >= 4 is 33.3 Å². The van der Waals surface area contributed by atoms with Gasteiger partial charge in [0.2, 0.25) is 0 Å². The van der Waals surface area contributed by atoms with Crippen LogP contribution in [0.1, 0.15) is 27.7 Å². The van der Waals surface area contributed by atoms with Gasteiger partial charge in [-0.25, -0.2) is 8.42 Å². The number of nitrogens with zero attached hydrogens (tertiary/aromatic N) is 1. The van der Waals surface area contributed by atoms with Crippen LogP contribution in [0, 0.1) is 0 Å². The predicted molar refractivity (Wildman–Crippen MR) is 86.8 cm³/mol. The number of halogens is 2. The zero-order chi connectivity index (χ0) is 16.7. The number of benzene rings is 1. The van der Waals surface area contributed by atoms with Crippen LogP contribution in [0.5, 0.6) is 0 Å². The van der Waals surface area contributed by atoms with E-state index in [1.807, 2.05) is 0 Å². The Labute approximate surface area is 138 Å². The zero-order valence-electron chi connectivity index (χ0n) is 12.9. The number of quaternary nitrogens is 1. The molecule has 0 aliphatic rings. The smallest absolute Gasteiger partial charge is 0.125 e. The summed E-state index contributed by atoms with van der Waals surface area (Å²) in [6.45, 7) is 14.2. The van der Waals surface area contributed by atoms with E-state index in [-0.39, 0.29) is 10.0 Å². The first-order valence-electron chi connectivity index (χ1n) is 6.91. The second-order valence-corrected chi connectivity index (χ2v) is 6.83. The van der Waals surface area contributed by atoms with Crippen LogP contribution in [0.25, 0.3) is 0 Å². The van der Waals surface area contributed by atoms with Crippen molar-refractivity contribution in [3.63, 3.8) is 0 Å². The van der Waals surface area contributed by atoms with Gasteiger partial charge in [-0.1, -0.05) is 23.2 Å². The van der Waals surface area contributed by atoms with E-state index in [9.17, 15) is 13.0 Å². The summed E-state index contributed by atoms with van der Waals surface area (Å²) >= 11 is 10.9. The Morgan fingerprint density at radius 1 is 1.00 bits per heavy atom. The topological polar surface area (TPSA) is 57.2 Å². The van der Waals surface area contributed by atoms with Crippen molar-refractivity contribution in [3.05, 3.63) is 28.2 Å². The van der Waals surface area contributed by atoms with Crippen LogP contribution in [-0.4, -0.2) is 43.6 Å². The van der Waals surface area contributed by atoms with Gasteiger partial charge in [-0.3, -0.25) is 0 Å². The summed E-state index contributed by atoms with van der Waals surface area (Å²) in [7, 11) is -4.49. The standard InChI is InChI=1S/C8H20N.C6H4Cl2O3S/c1-5-9(6-2,7-3)8-4;7-4-1-2-6(5(8)3-4)12(9,10)11/h5-8H2,1-4H3;1-3H,(H,9,10,11)/q+1;/p-1. The average Bonchev–Trinajstić information content (AvgIpc) is 2.41. The first kappa shape index (κ1) is 20.7. The minimum absolute atomic E-state index is 0.155. The summed E-state index contributed by atoms with van der Waals surface area (Å²) in [5, 5.41) is 0.130. The fraction of sp³-hybridized carbons (Fsp3) is 0.571. The summed E-state index contributed by atoms with van der Waals surface area (Å²) < 4.78 is 32.7. The molecule has 0 aromatic heterocycles. The summed E-state index contributed by atoms with van der Waals surface area (Å²) in [5.74, 6) is 0. The molecule has 0 amide bonds. The molecule has 122 valence electrons. The van der Waals surface area contributed by atoms with Gasteiger partial charge in [0.05, 0.1) is 36.1 Å². The molecule has 1 aromatic carbocycles. The quantitative estimate of drug-likeness (QED) is 0.596. The molecule has 0 unspecified atom stereocenters. The predicted octanol–water partition coefficient (Wildman–Crippen LogP) is 3.78. The first-order valence-corrected chi connectivity index (χ1v) is 9.08. The van der Waals surface area contributed by atoms with Gasteiger partial charge < -0.3 is 9.04 Å². The highest BCUT2D eigenvalue weighted by Crippen LogP contribution is 2.24. The molecule has 0 atom stereocenters. The maximum absolute atomic E-state index is 10.5. The lowest BCUT2D eigenvalue weighted by Gasteiger charge is -2.34. The number of rotatable bonds is 5. The third-order valence-corrected chi connectivity index (χ3v) is 5.40. The van der Waals surface area contributed by atoms with Crippen LogP contribution in [0.15, 0.2) is 23.1 Å². The van der Waals surface area contributed by atoms with E-state index in [0.717, 1.165) is 6.07 Å². The number of hydrogen-bond acceptors (Lipinski definition) is 3. The molecule has 1 aromatic rings. The van der Waals surface area contributed by atoms with Gasteiger partial charge in [-0.05, 0) is 45.9 Å². The van der Waals surface area contributed by atoms with Crippen molar-refractivity contribution in [2.75, 3.05) is 26.2 Å². The lowest BCUT2D eigenvalue weighted by Crippen LogP contribution is -2.47. The van der Waals surface area contributed by atoms with Gasteiger partial charge in [0.15, 0.2) is 0 Å². The second kappa shape index (κ2) is 8.96. The second-order valence-electron chi connectivity index (χ2n) is 4.64. The molecule has 0 N–H and O–H groups in total. The van der Waals surface area contributed by atoms with Gasteiger partial charge >= 0.3 is 0 Å². The fourth-order valence-electron chi connectivity index (χ4n) is 2.02. The van der Waals surface area contributed by atoms with Crippen LogP contribution >= 0.6 is 23.2 Å². The summed E-state index contributed by atoms with van der Waals surface area (Å²) in [4.78, 5) is -0.450. The lowest BCUT2D eigenvalue weighted by atomic mass is 10.3. The highest BCUT2D eigenvalue weighted by Gasteiger charge is 2.16. The summed E-state index contributed by atoms with van der Waals surface area (Å²) in [5.41, 5.74) is 0. The monoisotopic (exact) mass is 355 g/mol. The maximum Gasteiger partial charge on any atom is 0.125 e. The molecule has 0 heterocycles. The van der Waals surface area contributed by atoms with Crippen molar-refractivity contribution < 1.29 is 17.5 Å². The van der Waals surface area contributed by atoms with Crippen LogP contribution in [0.3, 0.4) is 0 Å². The van der Waals surface area contributed by atoms with Gasteiger partial charge in [-0.15, -0.1) is 0 Å². The summed E-state index contributed by atoms with van der Waals surface area (Å²) in [6.07, 6.45) is 0. The van der Waals surface area contributed by atoms with Crippen LogP contribution in [-0.2, 0) is 10.1 Å². The van der Waals surface area contributed by atoms with Crippen molar-refractivity contribution in [2.24, 2.45) is 0 Å². The van der Waals surface area contributed by atoms with E-state index >= 15 is 0 Å². The third-order valence-electron chi connectivity index (χ3n) is 3.85. The van der Waals surface area contributed by atoms with Crippen LogP contribution in [0.2, 0.25) is 10.0 Å². The van der Waals surface area contributed by atoms with Gasteiger partial charge in [-0.2, -0.15) is 0 Å². The normalized spacial score (nSPS) is 11.8. The molecule has 0 aliphatic heterocycles. The van der Waals surface area contributed by atoms with E-state index in [4.69, 9.17) is 23.2 Å². The number of hydrogen-bond donors (Lipinski definition) is 0. The largest absolute Gasteiger partial charge is 0.744 e. The molecule has 0 bridgehead atoms. The van der Waals surface area contributed by atoms with Crippen LogP contribution < -0.4 is 0 Å². The van der Waals surface area contributed by atoms with Crippen molar-refractivity contribution in [3.8, 4) is 0 Å². The van der Waals surface area contributed by atoms with E-state index in [0.29, 0.717) is 0 Å². The zero-order valence-corrected chi connectivity index (χ0v) is 15.2. The van der Waals surface area contributed by atoms with Gasteiger partial charge in [0, 0.05) is 5.02 Å². The van der Waals surface area contributed by atoms with E-state index in [2.05, 4.69) is 27.7 Å². The molecule has 7 heteroatoms. The molecule has 21 heavy (non-hydrogen) atoms. The molecule has 1 rings (SSSR count). The Morgan fingerprint density at radius 2 is 1.43 bits per heavy atom. The Morgan fingerprint density at radius 3 is 1.67 bits per heavy atom. The Bertz CT molecular complexity index is 526. The SMILES string of the molecule is CC[N+](CC)(CC)CC.O=S(=O)([O-])c1ccc(Cl)cc1Cl. The molecule has 0 saturated carbocycles. The molecule has 0 aliphatic carbocycles. The molecule has 0 saturated heterocycles. The molecule has 0 fully saturated rings. The minimum Gasteiger partial charge on any atom is -0.744 e. The Hall–Kier alpha value is -0.330. The van der Waals surface area contributed by atoms with Crippen molar-refractivity contribution in [1.82, 2.24) is 0 Å².